The Hall–Kier alpha value is 0. The van der Waals surface area contributed by atoms with E-state index in [-0.39, 0.29) is 0 Å². The zero-order chi connectivity index (χ0) is 19.0. The van der Waals surface area contributed by atoms with Crippen LogP contribution in [0.2, 0.25) is 0 Å². The third kappa shape index (κ3) is 6.72. The van der Waals surface area contributed by atoms with E-state index in [1.807, 2.05) is 0 Å². The van der Waals surface area contributed by atoms with Gasteiger partial charge in [0.25, 0.3) is 0 Å². The molecule has 0 saturated carbocycles. The summed E-state index contributed by atoms with van der Waals surface area (Å²) in [6.07, 6.45) is 5.44. The standard InChI is InChI=1S/C24H50/c1-12-14-15-17(4)19(6)21(8)23(10)24(11)22(9)20(7)18(5)16(3)13-2/h16-24H,12-15H2,1-11H3. The summed E-state index contributed by atoms with van der Waals surface area (Å²) >= 11 is 0. The Kier molecular flexibility index (Phi) is 11.6. The van der Waals surface area contributed by atoms with Crippen molar-refractivity contribution >= 4 is 0 Å². The first-order valence-electron chi connectivity index (χ1n) is 11.1. The molecule has 0 aromatic heterocycles. The molecule has 0 spiro atoms. The summed E-state index contributed by atoms with van der Waals surface area (Å²) in [6, 6.07) is 0. The number of hydrogen-bond donors (Lipinski definition) is 0. The molecule has 0 amide bonds. The van der Waals surface area contributed by atoms with Crippen LogP contribution in [0.3, 0.4) is 0 Å². The molecule has 0 aliphatic rings. The summed E-state index contributed by atoms with van der Waals surface area (Å²) in [4.78, 5) is 0. The Labute approximate surface area is 155 Å². The molecule has 9 unspecified atom stereocenters. The van der Waals surface area contributed by atoms with Gasteiger partial charge in [-0.15, -0.1) is 0 Å². The lowest BCUT2D eigenvalue weighted by Crippen LogP contribution is -2.33. The fourth-order valence-electron chi connectivity index (χ4n) is 4.59. The molecule has 0 aliphatic heterocycles. The van der Waals surface area contributed by atoms with E-state index in [4.69, 9.17) is 0 Å². The van der Waals surface area contributed by atoms with Gasteiger partial charge in [-0.2, -0.15) is 0 Å². The number of unbranched alkanes of at least 4 members (excludes halogenated alkanes) is 1. The molecular weight excluding hydrogens is 288 g/mol. The Balaban J connectivity index is 4.79. The molecule has 0 aromatic carbocycles. The fourth-order valence-corrected chi connectivity index (χ4v) is 4.59. The predicted octanol–water partition coefficient (Wildman–Crippen LogP) is 8.31. The molecule has 0 N–H and O–H groups in total. The van der Waals surface area contributed by atoms with Gasteiger partial charge in [0.1, 0.15) is 0 Å². The highest BCUT2D eigenvalue weighted by atomic mass is 14.4. The van der Waals surface area contributed by atoms with Gasteiger partial charge >= 0.3 is 0 Å². The lowest BCUT2D eigenvalue weighted by Gasteiger charge is -2.40. The van der Waals surface area contributed by atoms with Crippen LogP contribution >= 0.6 is 0 Å². The van der Waals surface area contributed by atoms with Crippen LogP contribution in [0.1, 0.15) is 102 Å². The third-order valence-corrected chi connectivity index (χ3v) is 8.43. The van der Waals surface area contributed by atoms with Crippen LogP contribution in [0.25, 0.3) is 0 Å². The van der Waals surface area contributed by atoms with Gasteiger partial charge < -0.3 is 0 Å². The van der Waals surface area contributed by atoms with Gasteiger partial charge in [-0.25, -0.2) is 0 Å². The maximum absolute atomic E-state index is 2.52. The van der Waals surface area contributed by atoms with Crippen LogP contribution in [-0.4, -0.2) is 0 Å². The van der Waals surface area contributed by atoms with Gasteiger partial charge in [0, 0.05) is 0 Å². The average Bonchev–Trinajstić information content (AvgIpc) is 2.60. The van der Waals surface area contributed by atoms with E-state index in [0.29, 0.717) is 0 Å². The molecule has 0 bridgehead atoms. The first kappa shape index (κ1) is 24.0. The summed E-state index contributed by atoms with van der Waals surface area (Å²) in [7, 11) is 0. The minimum Gasteiger partial charge on any atom is -0.0654 e. The van der Waals surface area contributed by atoms with Gasteiger partial charge in [0.2, 0.25) is 0 Å². The molecule has 0 rings (SSSR count). The minimum absolute atomic E-state index is 0.808. The molecule has 0 radical (unpaired) electrons. The maximum atomic E-state index is 2.52. The summed E-state index contributed by atoms with van der Waals surface area (Å²) in [5, 5.41) is 0. The lowest BCUT2D eigenvalue weighted by atomic mass is 9.65. The largest absolute Gasteiger partial charge is 0.0654 e. The van der Waals surface area contributed by atoms with Gasteiger partial charge in [-0.1, -0.05) is 102 Å². The fraction of sp³-hybridized carbons (Fsp3) is 1.00. The monoisotopic (exact) mass is 338 g/mol. The molecule has 24 heavy (non-hydrogen) atoms. The Morgan fingerprint density at radius 3 is 1.12 bits per heavy atom. The Morgan fingerprint density at radius 1 is 0.458 bits per heavy atom. The Bertz CT molecular complexity index is 307. The van der Waals surface area contributed by atoms with Crippen molar-refractivity contribution in [3.05, 3.63) is 0 Å². The van der Waals surface area contributed by atoms with Crippen molar-refractivity contribution in [2.75, 3.05) is 0 Å². The summed E-state index contributed by atoms with van der Waals surface area (Å²) in [5.41, 5.74) is 0. The second kappa shape index (κ2) is 11.6. The molecule has 146 valence electrons. The second-order valence-corrected chi connectivity index (χ2v) is 9.52. The van der Waals surface area contributed by atoms with Crippen LogP contribution in [0, 0.1) is 53.3 Å². The molecule has 0 saturated heterocycles. The van der Waals surface area contributed by atoms with Crippen molar-refractivity contribution in [3.8, 4) is 0 Å². The predicted molar refractivity (Wildman–Crippen MR) is 112 cm³/mol. The van der Waals surface area contributed by atoms with Crippen LogP contribution in [0.4, 0.5) is 0 Å². The van der Waals surface area contributed by atoms with E-state index in [2.05, 4.69) is 76.2 Å². The van der Waals surface area contributed by atoms with Crippen LogP contribution < -0.4 is 0 Å². The van der Waals surface area contributed by atoms with Gasteiger partial charge in [-0.05, 0) is 53.3 Å². The topological polar surface area (TPSA) is 0 Å². The smallest absolute Gasteiger partial charge is 0.0386 e. The summed E-state index contributed by atoms with van der Waals surface area (Å²) < 4.78 is 0. The normalized spacial score (nSPS) is 23.6. The van der Waals surface area contributed by atoms with Gasteiger partial charge in [0.05, 0.1) is 0 Å². The van der Waals surface area contributed by atoms with Crippen molar-refractivity contribution in [3.63, 3.8) is 0 Å². The zero-order valence-corrected chi connectivity index (χ0v) is 19.0. The van der Waals surface area contributed by atoms with Gasteiger partial charge in [-0.3, -0.25) is 0 Å². The van der Waals surface area contributed by atoms with Crippen molar-refractivity contribution in [1.29, 1.82) is 0 Å². The molecular formula is C24H50. The zero-order valence-electron chi connectivity index (χ0n) is 19.0. The number of rotatable bonds is 12. The highest BCUT2D eigenvalue weighted by Gasteiger charge is 2.33. The quantitative estimate of drug-likeness (QED) is 0.335. The van der Waals surface area contributed by atoms with Crippen molar-refractivity contribution < 1.29 is 0 Å². The second-order valence-electron chi connectivity index (χ2n) is 9.52. The first-order chi connectivity index (χ1) is 11.1. The van der Waals surface area contributed by atoms with E-state index >= 15 is 0 Å². The SMILES string of the molecule is CCCCC(C)C(C)C(C)C(C)C(C)C(C)C(C)C(C)C(C)CC. The molecule has 0 heteroatoms. The van der Waals surface area contributed by atoms with E-state index in [9.17, 15) is 0 Å². The van der Waals surface area contributed by atoms with E-state index in [1.54, 1.807) is 0 Å². The van der Waals surface area contributed by atoms with E-state index in [1.165, 1.54) is 25.7 Å². The maximum Gasteiger partial charge on any atom is -0.0386 e. The van der Waals surface area contributed by atoms with E-state index < -0.39 is 0 Å². The summed E-state index contributed by atoms with van der Waals surface area (Å²) in [6.45, 7) is 27.1. The van der Waals surface area contributed by atoms with Crippen molar-refractivity contribution in [2.24, 2.45) is 53.3 Å². The third-order valence-electron chi connectivity index (χ3n) is 8.43. The molecule has 0 aliphatic carbocycles. The number of hydrogen-bond acceptors (Lipinski definition) is 0. The van der Waals surface area contributed by atoms with Crippen molar-refractivity contribution in [1.82, 2.24) is 0 Å². The minimum atomic E-state index is 0.808. The first-order valence-corrected chi connectivity index (χ1v) is 11.1. The summed E-state index contributed by atoms with van der Waals surface area (Å²) in [5.74, 6) is 7.44. The molecule has 0 heterocycles. The molecule has 9 atom stereocenters. The van der Waals surface area contributed by atoms with Crippen LogP contribution in [-0.2, 0) is 0 Å². The van der Waals surface area contributed by atoms with Crippen LogP contribution in [0.15, 0.2) is 0 Å². The Morgan fingerprint density at radius 2 is 0.792 bits per heavy atom. The highest BCUT2D eigenvalue weighted by molar-refractivity contribution is 4.82. The average molecular weight is 339 g/mol. The van der Waals surface area contributed by atoms with Gasteiger partial charge in [0.15, 0.2) is 0 Å². The molecule has 0 nitrogen and oxygen atoms in total. The lowest BCUT2D eigenvalue weighted by molar-refractivity contribution is 0.0888. The highest BCUT2D eigenvalue weighted by Crippen LogP contribution is 2.40. The molecule has 0 fully saturated rings. The van der Waals surface area contributed by atoms with E-state index in [0.717, 1.165) is 53.3 Å². The molecule has 0 aromatic rings. The van der Waals surface area contributed by atoms with Crippen molar-refractivity contribution in [2.45, 2.75) is 102 Å². The van der Waals surface area contributed by atoms with Crippen LogP contribution in [0.5, 0.6) is 0 Å².